The summed E-state index contributed by atoms with van der Waals surface area (Å²) in [6.45, 7) is 11.2. The van der Waals surface area contributed by atoms with E-state index < -0.39 is 16.6 Å². The first-order valence-corrected chi connectivity index (χ1v) is 9.75. The van der Waals surface area contributed by atoms with Crippen molar-refractivity contribution in [1.29, 1.82) is 0 Å². The summed E-state index contributed by atoms with van der Waals surface area (Å²) in [6.07, 6.45) is 3.24. The number of aliphatic carboxylic acids is 1. The Morgan fingerprint density at radius 2 is 1.96 bits per heavy atom. The summed E-state index contributed by atoms with van der Waals surface area (Å²) >= 11 is 2.67. The molecular formula is C19H22N2O3S2. The van der Waals surface area contributed by atoms with Gasteiger partial charge in [0.25, 0.3) is 0 Å². The first kappa shape index (κ1) is 20.2. The zero-order valence-corrected chi connectivity index (χ0v) is 16.5. The van der Waals surface area contributed by atoms with Gasteiger partial charge >= 0.3 is 5.97 Å². The van der Waals surface area contributed by atoms with Crippen LogP contribution in [0.15, 0.2) is 53.9 Å². The molecule has 2 aromatic rings. The van der Waals surface area contributed by atoms with Crippen LogP contribution < -0.4 is 0 Å². The van der Waals surface area contributed by atoms with Gasteiger partial charge in [-0.15, -0.1) is 24.5 Å². The van der Waals surface area contributed by atoms with Gasteiger partial charge in [-0.3, -0.25) is 9.59 Å². The maximum atomic E-state index is 13.2. The molecule has 0 saturated carbocycles. The van der Waals surface area contributed by atoms with Crippen LogP contribution in [0.2, 0.25) is 0 Å². The highest BCUT2D eigenvalue weighted by Crippen LogP contribution is 2.43. The molecule has 138 valence electrons. The molecule has 2 rings (SSSR count). The maximum absolute atomic E-state index is 13.2. The molecule has 1 aromatic carbocycles. The predicted molar refractivity (Wildman–Crippen MR) is 108 cm³/mol. The van der Waals surface area contributed by atoms with Gasteiger partial charge in [-0.25, -0.2) is 4.98 Å². The van der Waals surface area contributed by atoms with E-state index in [4.69, 9.17) is 0 Å². The van der Waals surface area contributed by atoms with Gasteiger partial charge in [0.1, 0.15) is 4.75 Å². The Labute approximate surface area is 161 Å². The van der Waals surface area contributed by atoms with E-state index in [1.54, 1.807) is 30.9 Å². The Hall–Kier alpha value is -2.12. The van der Waals surface area contributed by atoms with Crippen LogP contribution >= 0.6 is 23.1 Å². The summed E-state index contributed by atoms with van der Waals surface area (Å²) in [6, 6.07) is 7.68. The van der Waals surface area contributed by atoms with Gasteiger partial charge in [-0.1, -0.05) is 43.0 Å². The summed E-state index contributed by atoms with van der Waals surface area (Å²) in [5, 5.41) is 9.58. The van der Waals surface area contributed by atoms with Crippen LogP contribution in [0.1, 0.15) is 13.8 Å². The number of thiazole rings is 1. The van der Waals surface area contributed by atoms with Crippen molar-refractivity contribution in [3.63, 3.8) is 0 Å². The van der Waals surface area contributed by atoms with Crippen LogP contribution in [0.25, 0.3) is 10.2 Å². The molecule has 0 fully saturated rings. The minimum Gasteiger partial charge on any atom is -0.481 e. The molecule has 1 N–H and O–H groups in total. The van der Waals surface area contributed by atoms with Crippen molar-refractivity contribution >= 4 is 45.2 Å². The number of carboxylic acid groups (broad SMARTS) is 1. The van der Waals surface area contributed by atoms with E-state index in [-0.39, 0.29) is 5.91 Å². The number of rotatable bonds is 9. The van der Waals surface area contributed by atoms with Crippen LogP contribution in [-0.4, -0.2) is 44.7 Å². The second kappa shape index (κ2) is 8.51. The van der Waals surface area contributed by atoms with Gasteiger partial charge < -0.3 is 10.0 Å². The van der Waals surface area contributed by atoms with Crippen molar-refractivity contribution in [2.75, 3.05) is 13.1 Å². The summed E-state index contributed by atoms with van der Waals surface area (Å²) in [7, 11) is 0. The largest absolute Gasteiger partial charge is 0.481 e. The summed E-state index contributed by atoms with van der Waals surface area (Å²) in [5.74, 6) is -2.19. The fourth-order valence-corrected chi connectivity index (χ4v) is 5.15. The highest BCUT2D eigenvalue weighted by Gasteiger charge is 2.46. The third-order valence-corrected chi connectivity index (χ3v) is 6.73. The zero-order valence-electron chi connectivity index (χ0n) is 14.8. The number of carbonyl (C=O) groups is 2. The second-order valence-corrected chi connectivity index (χ2v) is 8.73. The molecule has 0 radical (unpaired) electrons. The number of para-hydroxylation sites is 1. The molecule has 0 saturated heterocycles. The van der Waals surface area contributed by atoms with Crippen molar-refractivity contribution in [3.05, 3.63) is 49.6 Å². The number of nitrogens with zero attached hydrogens (tertiary/aromatic N) is 2. The average Bonchev–Trinajstić information content (AvgIpc) is 3.01. The normalized spacial score (nSPS) is 14.4. The number of hydrogen-bond donors (Lipinski definition) is 1. The highest BCUT2D eigenvalue weighted by molar-refractivity contribution is 8.03. The number of hydrogen-bond acceptors (Lipinski definition) is 5. The van der Waals surface area contributed by atoms with Crippen LogP contribution in [0.5, 0.6) is 0 Å². The average molecular weight is 391 g/mol. The van der Waals surface area contributed by atoms with Crippen molar-refractivity contribution < 1.29 is 14.7 Å². The van der Waals surface area contributed by atoms with E-state index in [2.05, 4.69) is 18.1 Å². The predicted octanol–water partition coefficient (Wildman–Crippen LogP) is 4.07. The third kappa shape index (κ3) is 4.16. The Kier molecular flexibility index (Phi) is 6.61. The first-order valence-electron chi connectivity index (χ1n) is 8.12. The molecule has 0 aliphatic heterocycles. The molecule has 26 heavy (non-hydrogen) atoms. The van der Waals surface area contributed by atoms with Crippen molar-refractivity contribution in [3.8, 4) is 0 Å². The fourth-order valence-electron chi connectivity index (χ4n) is 2.49. The SMILES string of the molecule is C=CCN(CC=C)C(=O)C(C)(Sc1nc2ccccc2s1)C(C)C(=O)O. The Morgan fingerprint density at radius 3 is 2.50 bits per heavy atom. The molecule has 7 heteroatoms. The lowest BCUT2D eigenvalue weighted by molar-refractivity contribution is -0.147. The number of fused-ring (bicyclic) bond motifs is 1. The Bertz CT molecular complexity index is 790. The van der Waals surface area contributed by atoms with Gasteiger partial charge in [0.05, 0.1) is 16.1 Å². The molecular weight excluding hydrogens is 368 g/mol. The molecule has 5 nitrogen and oxygen atoms in total. The molecule has 0 spiro atoms. The molecule has 1 aromatic heterocycles. The topological polar surface area (TPSA) is 70.5 Å². The van der Waals surface area contributed by atoms with E-state index >= 15 is 0 Å². The third-order valence-electron chi connectivity index (χ3n) is 4.18. The molecule has 0 bridgehead atoms. The van der Waals surface area contributed by atoms with Crippen LogP contribution in [0, 0.1) is 5.92 Å². The van der Waals surface area contributed by atoms with Crippen molar-refractivity contribution in [1.82, 2.24) is 9.88 Å². The Morgan fingerprint density at radius 1 is 1.35 bits per heavy atom. The first-order chi connectivity index (χ1) is 12.3. The smallest absolute Gasteiger partial charge is 0.308 e. The Balaban J connectivity index is 2.43. The number of aromatic nitrogens is 1. The second-order valence-electron chi connectivity index (χ2n) is 6.00. The van der Waals surface area contributed by atoms with E-state index in [0.29, 0.717) is 17.4 Å². The lowest BCUT2D eigenvalue weighted by Gasteiger charge is -2.35. The van der Waals surface area contributed by atoms with E-state index in [0.717, 1.165) is 10.2 Å². The molecule has 1 heterocycles. The van der Waals surface area contributed by atoms with Gasteiger partial charge in [0.2, 0.25) is 5.91 Å². The standard InChI is InChI=1S/C19H22N2O3S2/c1-5-11-21(12-6-2)17(24)19(4,13(3)16(22)23)26-18-20-14-9-7-8-10-15(14)25-18/h5-10,13H,1-2,11-12H2,3-4H3,(H,22,23). The van der Waals surface area contributed by atoms with E-state index in [9.17, 15) is 14.7 Å². The molecule has 2 unspecified atom stereocenters. The maximum Gasteiger partial charge on any atom is 0.308 e. The molecule has 0 aliphatic rings. The van der Waals surface area contributed by atoms with Crippen molar-refractivity contribution in [2.45, 2.75) is 22.9 Å². The number of carboxylic acids is 1. The lowest BCUT2D eigenvalue weighted by Crippen LogP contribution is -2.51. The van der Waals surface area contributed by atoms with Gasteiger partial charge in [-0.05, 0) is 19.1 Å². The highest BCUT2D eigenvalue weighted by atomic mass is 32.2. The molecule has 2 atom stereocenters. The minimum atomic E-state index is -1.20. The van der Waals surface area contributed by atoms with Crippen LogP contribution in [0.4, 0.5) is 0 Å². The van der Waals surface area contributed by atoms with Gasteiger partial charge in [0.15, 0.2) is 4.34 Å². The summed E-state index contributed by atoms with van der Waals surface area (Å²) < 4.78 is 0.472. The molecule has 1 amide bonds. The zero-order chi connectivity index (χ0) is 19.3. The number of amides is 1. The van der Waals surface area contributed by atoms with Gasteiger partial charge in [0, 0.05) is 13.1 Å². The number of thioether (sulfide) groups is 1. The monoisotopic (exact) mass is 390 g/mol. The fraction of sp³-hybridized carbons (Fsp3) is 0.316. The van der Waals surface area contributed by atoms with Gasteiger partial charge in [-0.2, -0.15) is 0 Å². The number of carbonyl (C=O) groups excluding carboxylic acids is 1. The minimum absolute atomic E-state index is 0.267. The van der Waals surface area contributed by atoms with Crippen LogP contribution in [-0.2, 0) is 9.59 Å². The van der Waals surface area contributed by atoms with E-state index in [1.165, 1.54) is 23.1 Å². The number of benzene rings is 1. The van der Waals surface area contributed by atoms with Crippen molar-refractivity contribution in [2.24, 2.45) is 5.92 Å². The lowest BCUT2D eigenvalue weighted by atomic mass is 9.93. The molecule has 0 aliphatic carbocycles. The summed E-state index contributed by atoms with van der Waals surface area (Å²) in [4.78, 5) is 31.0. The van der Waals surface area contributed by atoms with E-state index in [1.807, 2.05) is 24.3 Å². The quantitative estimate of drug-likeness (QED) is 0.516. The summed E-state index contributed by atoms with van der Waals surface area (Å²) in [5.41, 5.74) is 0.840. The van der Waals surface area contributed by atoms with Crippen LogP contribution in [0.3, 0.4) is 0 Å².